The maximum Gasteiger partial charge on any atom is 0.242 e. The summed E-state index contributed by atoms with van der Waals surface area (Å²) in [6.45, 7) is 1.70. The molecule has 0 unspecified atom stereocenters. The van der Waals surface area contributed by atoms with E-state index in [9.17, 15) is 4.39 Å². The van der Waals surface area contributed by atoms with E-state index in [2.05, 4.69) is 15.3 Å². The Morgan fingerprint density at radius 2 is 2.11 bits per heavy atom. The molecule has 0 bridgehead atoms. The number of nitrogens with zero attached hydrogens (tertiary/aromatic N) is 2. The number of ether oxygens (including phenoxy) is 1. The second kappa shape index (κ2) is 4.87. The van der Waals surface area contributed by atoms with E-state index >= 15 is 0 Å². The minimum absolute atomic E-state index is 0.278. The van der Waals surface area contributed by atoms with E-state index in [4.69, 9.17) is 10.5 Å². The van der Waals surface area contributed by atoms with Crippen LogP contribution in [0.4, 0.5) is 21.6 Å². The molecule has 0 aliphatic carbocycles. The van der Waals surface area contributed by atoms with Gasteiger partial charge in [0.1, 0.15) is 17.8 Å². The van der Waals surface area contributed by atoms with Gasteiger partial charge in [-0.05, 0) is 24.6 Å². The molecule has 94 valence electrons. The van der Waals surface area contributed by atoms with Crippen molar-refractivity contribution < 1.29 is 9.13 Å². The predicted molar refractivity (Wildman–Crippen MR) is 67.4 cm³/mol. The van der Waals surface area contributed by atoms with Gasteiger partial charge in [-0.3, -0.25) is 0 Å². The minimum atomic E-state index is -0.292. The average molecular weight is 248 g/mol. The Hall–Kier alpha value is -2.37. The molecule has 18 heavy (non-hydrogen) atoms. The second-order valence-electron chi connectivity index (χ2n) is 3.73. The van der Waals surface area contributed by atoms with Gasteiger partial charge in [-0.2, -0.15) is 4.98 Å². The third-order valence-electron chi connectivity index (χ3n) is 2.48. The van der Waals surface area contributed by atoms with E-state index < -0.39 is 0 Å². The number of nitrogen functional groups attached to an aromatic ring is 1. The average Bonchev–Trinajstić information content (AvgIpc) is 2.36. The summed E-state index contributed by atoms with van der Waals surface area (Å²) in [5, 5.41) is 2.92. The van der Waals surface area contributed by atoms with E-state index in [1.807, 2.05) is 0 Å². The van der Waals surface area contributed by atoms with Crippen LogP contribution in [0.25, 0.3) is 0 Å². The van der Waals surface area contributed by atoms with Crippen LogP contribution in [0.5, 0.6) is 5.88 Å². The lowest BCUT2D eigenvalue weighted by molar-refractivity contribution is 0.399. The standard InChI is InChI=1S/C12H13FN4O/c1-7-3-4-8(5-9(7)13)17-11-10(14)12(18-2)16-6-15-11/h3-6H,14H2,1-2H3,(H,15,16,17). The van der Waals surface area contributed by atoms with Crippen LogP contribution in [-0.2, 0) is 0 Å². The molecule has 1 aromatic carbocycles. The lowest BCUT2D eigenvalue weighted by Crippen LogP contribution is -2.03. The first kappa shape index (κ1) is 12.1. The number of benzene rings is 1. The highest BCUT2D eigenvalue weighted by atomic mass is 19.1. The van der Waals surface area contributed by atoms with Gasteiger partial charge in [-0.1, -0.05) is 6.07 Å². The fourth-order valence-electron chi connectivity index (χ4n) is 1.45. The normalized spacial score (nSPS) is 10.2. The molecule has 1 heterocycles. The number of hydrogen-bond donors (Lipinski definition) is 2. The smallest absolute Gasteiger partial charge is 0.242 e. The Morgan fingerprint density at radius 1 is 1.33 bits per heavy atom. The van der Waals surface area contributed by atoms with E-state index in [1.165, 1.54) is 19.5 Å². The number of nitrogens with two attached hydrogens (primary N) is 1. The van der Waals surface area contributed by atoms with Crippen molar-refractivity contribution in [3.8, 4) is 5.88 Å². The highest BCUT2D eigenvalue weighted by Gasteiger charge is 2.09. The first-order chi connectivity index (χ1) is 8.61. The lowest BCUT2D eigenvalue weighted by atomic mass is 10.2. The zero-order valence-electron chi connectivity index (χ0n) is 10.1. The number of aromatic nitrogens is 2. The van der Waals surface area contributed by atoms with E-state index in [0.717, 1.165) is 0 Å². The predicted octanol–water partition coefficient (Wildman–Crippen LogP) is 2.26. The molecule has 3 N–H and O–H groups in total. The number of rotatable bonds is 3. The van der Waals surface area contributed by atoms with Crippen LogP contribution in [0.1, 0.15) is 5.56 Å². The summed E-state index contributed by atoms with van der Waals surface area (Å²) >= 11 is 0. The van der Waals surface area contributed by atoms with Crippen LogP contribution < -0.4 is 15.8 Å². The van der Waals surface area contributed by atoms with Crippen molar-refractivity contribution in [2.45, 2.75) is 6.92 Å². The molecule has 0 radical (unpaired) electrons. The van der Waals surface area contributed by atoms with Gasteiger partial charge in [0, 0.05) is 5.69 Å². The van der Waals surface area contributed by atoms with Crippen LogP contribution in [0, 0.1) is 12.7 Å². The summed E-state index contributed by atoms with van der Waals surface area (Å²) in [6, 6.07) is 4.79. The molecule has 2 aromatic rings. The third-order valence-corrected chi connectivity index (χ3v) is 2.48. The molecule has 0 atom stereocenters. The van der Waals surface area contributed by atoms with E-state index in [0.29, 0.717) is 17.1 Å². The summed E-state index contributed by atoms with van der Waals surface area (Å²) in [5.74, 6) is 0.366. The molecule has 5 nitrogen and oxygen atoms in total. The Balaban J connectivity index is 2.31. The van der Waals surface area contributed by atoms with Crippen molar-refractivity contribution in [1.29, 1.82) is 0 Å². The number of anilines is 3. The topological polar surface area (TPSA) is 73.1 Å². The maximum absolute atomic E-state index is 13.4. The van der Waals surface area contributed by atoms with Gasteiger partial charge >= 0.3 is 0 Å². The van der Waals surface area contributed by atoms with Gasteiger partial charge in [0.15, 0.2) is 5.82 Å². The van der Waals surface area contributed by atoms with Crippen molar-refractivity contribution in [2.24, 2.45) is 0 Å². The molecule has 0 fully saturated rings. The van der Waals surface area contributed by atoms with Crippen molar-refractivity contribution in [3.05, 3.63) is 35.9 Å². The Kier molecular flexibility index (Phi) is 3.27. The number of methoxy groups -OCH3 is 1. The van der Waals surface area contributed by atoms with Gasteiger partial charge in [0.05, 0.1) is 7.11 Å². The molecule has 0 saturated carbocycles. The summed E-state index contributed by atoms with van der Waals surface area (Å²) in [5.41, 5.74) is 7.22. The Bertz CT molecular complexity index is 574. The van der Waals surface area contributed by atoms with Crippen LogP contribution in [0.3, 0.4) is 0 Å². The fourth-order valence-corrected chi connectivity index (χ4v) is 1.45. The Labute approximate surface area is 104 Å². The molecule has 0 aliphatic heterocycles. The molecule has 2 rings (SSSR count). The zero-order valence-corrected chi connectivity index (χ0v) is 10.1. The molecule has 0 spiro atoms. The highest BCUT2D eigenvalue weighted by molar-refractivity contribution is 5.72. The van der Waals surface area contributed by atoms with Crippen LogP contribution in [0.15, 0.2) is 24.5 Å². The van der Waals surface area contributed by atoms with Crippen LogP contribution >= 0.6 is 0 Å². The number of aryl methyl sites for hydroxylation is 1. The van der Waals surface area contributed by atoms with Crippen molar-refractivity contribution in [2.75, 3.05) is 18.2 Å². The van der Waals surface area contributed by atoms with E-state index in [-0.39, 0.29) is 17.4 Å². The number of nitrogens with one attached hydrogen (secondary N) is 1. The summed E-state index contributed by atoms with van der Waals surface area (Å²) in [7, 11) is 1.47. The molecule has 1 aromatic heterocycles. The minimum Gasteiger partial charge on any atom is -0.479 e. The number of halogens is 1. The first-order valence-corrected chi connectivity index (χ1v) is 5.29. The first-order valence-electron chi connectivity index (χ1n) is 5.29. The zero-order chi connectivity index (χ0) is 13.1. The number of hydrogen-bond acceptors (Lipinski definition) is 5. The molecule has 6 heteroatoms. The van der Waals surface area contributed by atoms with Crippen molar-refractivity contribution in [1.82, 2.24) is 9.97 Å². The monoisotopic (exact) mass is 248 g/mol. The van der Waals surface area contributed by atoms with Gasteiger partial charge < -0.3 is 15.8 Å². The SMILES string of the molecule is COc1ncnc(Nc2ccc(C)c(F)c2)c1N. The van der Waals surface area contributed by atoms with Crippen LogP contribution in [0.2, 0.25) is 0 Å². The summed E-state index contributed by atoms with van der Waals surface area (Å²) in [6.07, 6.45) is 1.32. The quantitative estimate of drug-likeness (QED) is 0.871. The molecular formula is C12H13FN4O. The van der Waals surface area contributed by atoms with Gasteiger partial charge in [-0.15, -0.1) is 0 Å². The van der Waals surface area contributed by atoms with Gasteiger partial charge in [0.2, 0.25) is 5.88 Å². The lowest BCUT2D eigenvalue weighted by Gasteiger charge is -2.10. The largest absolute Gasteiger partial charge is 0.479 e. The summed E-state index contributed by atoms with van der Waals surface area (Å²) in [4.78, 5) is 7.84. The van der Waals surface area contributed by atoms with E-state index in [1.54, 1.807) is 19.1 Å². The summed E-state index contributed by atoms with van der Waals surface area (Å²) < 4.78 is 18.4. The van der Waals surface area contributed by atoms with Crippen molar-refractivity contribution >= 4 is 17.2 Å². The maximum atomic E-state index is 13.4. The van der Waals surface area contributed by atoms with Gasteiger partial charge in [-0.25, -0.2) is 9.37 Å². The Morgan fingerprint density at radius 3 is 2.78 bits per heavy atom. The third kappa shape index (κ3) is 2.32. The molecule has 0 saturated heterocycles. The molecular weight excluding hydrogens is 235 g/mol. The van der Waals surface area contributed by atoms with Gasteiger partial charge in [0.25, 0.3) is 0 Å². The highest BCUT2D eigenvalue weighted by Crippen LogP contribution is 2.27. The van der Waals surface area contributed by atoms with Crippen LogP contribution in [-0.4, -0.2) is 17.1 Å². The second-order valence-corrected chi connectivity index (χ2v) is 3.73. The molecule has 0 aliphatic rings. The fraction of sp³-hybridized carbons (Fsp3) is 0.167. The van der Waals surface area contributed by atoms with Crippen molar-refractivity contribution in [3.63, 3.8) is 0 Å². The molecule has 0 amide bonds.